The molecule has 0 spiro atoms. The van der Waals surface area contributed by atoms with Crippen molar-refractivity contribution >= 4 is 17.3 Å². The molecule has 1 saturated heterocycles. The Hall–Kier alpha value is -1.95. The summed E-state index contributed by atoms with van der Waals surface area (Å²) in [5, 5.41) is 13.3. The molecule has 1 aromatic rings. The zero-order chi connectivity index (χ0) is 14.4. The number of carbonyl (C=O) groups excluding carboxylic acids is 1. The first-order valence-electron chi connectivity index (χ1n) is 6.77. The topological polar surface area (TPSA) is 81.5 Å². The summed E-state index contributed by atoms with van der Waals surface area (Å²) in [6.45, 7) is 1.57. The number of rotatable bonds is 5. The van der Waals surface area contributed by atoms with Gasteiger partial charge in [-0.2, -0.15) is 0 Å². The van der Waals surface area contributed by atoms with E-state index in [9.17, 15) is 14.9 Å². The van der Waals surface area contributed by atoms with Crippen molar-refractivity contribution < 1.29 is 14.5 Å². The van der Waals surface area contributed by atoms with Crippen LogP contribution in [0.4, 0.5) is 11.4 Å². The number of hydrogen-bond donors (Lipinski definition) is 1. The van der Waals surface area contributed by atoms with E-state index in [-0.39, 0.29) is 11.6 Å². The quantitative estimate of drug-likeness (QED) is 0.663. The molecule has 0 unspecified atom stereocenters. The molecule has 0 aliphatic carbocycles. The van der Waals surface area contributed by atoms with E-state index in [4.69, 9.17) is 4.74 Å². The smallest absolute Gasteiger partial charge is 0.269 e. The molecule has 1 aliphatic rings. The van der Waals surface area contributed by atoms with Crippen LogP contribution < -0.4 is 5.32 Å². The third-order valence-electron chi connectivity index (χ3n) is 3.48. The number of nitrogens with one attached hydrogen (secondary N) is 1. The number of benzene rings is 1. The van der Waals surface area contributed by atoms with E-state index in [1.807, 2.05) is 0 Å². The van der Waals surface area contributed by atoms with Gasteiger partial charge < -0.3 is 10.1 Å². The maximum Gasteiger partial charge on any atom is 0.269 e. The zero-order valence-corrected chi connectivity index (χ0v) is 11.2. The summed E-state index contributed by atoms with van der Waals surface area (Å²) in [5.41, 5.74) is 0.609. The van der Waals surface area contributed by atoms with Crippen LogP contribution in [0.1, 0.15) is 25.7 Å². The van der Waals surface area contributed by atoms with Gasteiger partial charge in [0.2, 0.25) is 5.91 Å². The number of nitro groups is 1. The molecule has 1 amide bonds. The minimum absolute atomic E-state index is 0.0187. The average Bonchev–Trinajstić information content (AvgIpc) is 2.47. The van der Waals surface area contributed by atoms with Gasteiger partial charge in [-0.1, -0.05) is 0 Å². The van der Waals surface area contributed by atoms with Crippen molar-refractivity contribution in [1.29, 1.82) is 0 Å². The Morgan fingerprint density at radius 3 is 2.55 bits per heavy atom. The molecular weight excluding hydrogens is 260 g/mol. The predicted molar refractivity (Wildman–Crippen MR) is 74.5 cm³/mol. The number of nitrogens with zero attached hydrogens (tertiary/aromatic N) is 1. The highest BCUT2D eigenvalue weighted by Crippen LogP contribution is 2.21. The fourth-order valence-corrected chi connectivity index (χ4v) is 2.26. The molecule has 1 heterocycles. The van der Waals surface area contributed by atoms with Crippen LogP contribution in [0.3, 0.4) is 0 Å². The molecule has 1 aromatic carbocycles. The van der Waals surface area contributed by atoms with E-state index in [0.29, 0.717) is 18.0 Å². The van der Waals surface area contributed by atoms with E-state index in [0.717, 1.165) is 32.5 Å². The summed E-state index contributed by atoms with van der Waals surface area (Å²) < 4.78 is 5.28. The standard InChI is InChI=1S/C14H18N2O4/c17-14(6-1-11-7-9-20-10-8-11)15-12-2-4-13(5-3-12)16(18)19/h2-5,11H,1,6-10H2,(H,15,17). The van der Waals surface area contributed by atoms with Crippen LogP contribution in [0.5, 0.6) is 0 Å². The lowest BCUT2D eigenvalue weighted by Crippen LogP contribution is -2.18. The monoisotopic (exact) mass is 278 g/mol. The lowest BCUT2D eigenvalue weighted by atomic mass is 9.95. The predicted octanol–water partition coefficient (Wildman–Crippen LogP) is 2.74. The highest BCUT2D eigenvalue weighted by Gasteiger charge is 2.15. The van der Waals surface area contributed by atoms with Crippen molar-refractivity contribution in [2.45, 2.75) is 25.7 Å². The fourth-order valence-electron chi connectivity index (χ4n) is 2.26. The van der Waals surface area contributed by atoms with Crippen molar-refractivity contribution in [2.75, 3.05) is 18.5 Å². The third-order valence-corrected chi connectivity index (χ3v) is 3.48. The zero-order valence-electron chi connectivity index (χ0n) is 11.2. The Labute approximate surface area is 117 Å². The number of hydrogen-bond acceptors (Lipinski definition) is 4. The molecule has 0 bridgehead atoms. The summed E-state index contributed by atoms with van der Waals surface area (Å²) in [4.78, 5) is 21.9. The van der Waals surface area contributed by atoms with E-state index < -0.39 is 4.92 Å². The molecule has 20 heavy (non-hydrogen) atoms. The van der Waals surface area contributed by atoms with Crippen LogP contribution >= 0.6 is 0 Å². The first-order valence-corrected chi connectivity index (χ1v) is 6.77. The van der Waals surface area contributed by atoms with Crippen molar-refractivity contribution in [3.05, 3.63) is 34.4 Å². The normalized spacial score (nSPS) is 15.8. The molecule has 6 heteroatoms. The van der Waals surface area contributed by atoms with Gasteiger partial charge >= 0.3 is 0 Å². The van der Waals surface area contributed by atoms with Gasteiger partial charge in [0, 0.05) is 37.5 Å². The highest BCUT2D eigenvalue weighted by atomic mass is 16.6. The minimum atomic E-state index is -0.462. The largest absolute Gasteiger partial charge is 0.381 e. The summed E-state index contributed by atoms with van der Waals surface area (Å²) in [6, 6.07) is 5.86. The van der Waals surface area contributed by atoms with Gasteiger partial charge in [0.05, 0.1) is 4.92 Å². The van der Waals surface area contributed by atoms with Crippen molar-refractivity contribution in [3.63, 3.8) is 0 Å². The summed E-state index contributed by atoms with van der Waals surface area (Å²) in [7, 11) is 0. The Morgan fingerprint density at radius 2 is 1.95 bits per heavy atom. The van der Waals surface area contributed by atoms with Crippen molar-refractivity contribution in [2.24, 2.45) is 5.92 Å². The molecule has 2 rings (SSSR count). The maximum atomic E-state index is 11.8. The molecule has 1 aliphatic heterocycles. The highest BCUT2D eigenvalue weighted by molar-refractivity contribution is 5.90. The molecule has 108 valence electrons. The van der Waals surface area contributed by atoms with E-state index in [2.05, 4.69) is 5.32 Å². The molecule has 6 nitrogen and oxygen atoms in total. The van der Waals surface area contributed by atoms with E-state index >= 15 is 0 Å². The Bertz CT molecular complexity index is 467. The van der Waals surface area contributed by atoms with Gasteiger partial charge in [0.25, 0.3) is 5.69 Å². The number of non-ortho nitro benzene ring substituents is 1. The number of carbonyl (C=O) groups is 1. The van der Waals surface area contributed by atoms with Crippen LogP contribution in [0, 0.1) is 16.0 Å². The lowest BCUT2D eigenvalue weighted by Gasteiger charge is -2.21. The van der Waals surface area contributed by atoms with Crippen molar-refractivity contribution in [1.82, 2.24) is 0 Å². The molecule has 0 aromatic heterocycles. The van der Waals surface area contributed by atoms with Gasteiger partial charge in [-0.15, -0.1) is 0 Å². The van der Waals surface area contributed by atoms with Crippen LogP contribution in [0.2, 0.25) is 0 Å². The molecule has 1 N–H and O–H groups in total. The number of ether oxygens (including phenoxy) is 1. The lowest BCUT2D eigenvalue weighted by molar-refractivity contribution is -0.384. The Balaban J connectivity index is 1.77. The van der Waals surface area contributed by atoms with Crippen LogP contribution in [-0.4, -0.2) is 24.0 Å². The van der Waals surface area contributed by atoms with Gasteiger partial charge in [-0.3, -0.25) is 14.9 Å². The Morgan fingerprint density at radius 1 is 1.30 bits per heavy atom. The fraction of sp³-hybridized carbons (Fsp3) is 0.500. The van der Waals surface area contributed by atoms with Crippen LogP contribution in [0.15, 0.2) is 24.3 Å². The molecular formula is C14H18N2O4. The number of anilines is 1. The first kappa shape index (κ1) is 14.5. The SMILES string of the molecule is O=C(CCC1CCOCC1)Nc1ccc([N+](=O)[O-])cc1. The first-order chi connectivity index (χ1) is 9.65. The number of amides is 1. The second-order valence-electron chi connectivity index (χ2n) is 4.95. The van der Waals surface area contributed by atoms with Gasteiger partial charge in [-0.05, 0) is 37.3 Å². The summed E-state index contributed by atoms with van der Waals surface area (Å²) in [5.74, 6) is 0.511. The molecule has 0 saturated carbocycles. The minimum Gasteiger partial charge on any atom is -0.381 e. The maximum absolute atomic E-state index is 11.8. The van der Waals surface area contributed by atoms with E-state index in [1.165, 1.54) is 12.1 Å². The summed E-state index contributed by atoms with van der Waals surface area (Å²) in [6.07, 6.45) is 3.37. The average molecular weight is 278 g/mol. The Kier molecular flexibility index (Phi) is 5.06. The molecule has 1 fully saturated rings. The third kappa shape index (κ3) is 4.31. The second-order valence-corrected chi connectivity index (χ2v) is 4.95. The van der Waals surface area contributed by atoms with Crippen LogP contribution in [-0.2, 0) is 9.53 Å². The van der Waals surface area contributed by atoms with Gasteiger partial charge in [-0.25, -0.2) is 0 Å². The van der Waals surface area contributed by atoms with Gasteiger partial charge in [0.1, 0.15) is 0 Å². The number of nitro benzene ring substituents is 1. The summed E-state index contributed by atoms with van der Waals surface area (Å²) >= 11 is 0. The van der Waals surface area contributed by atoms with Crippen LogP contribution in [0.25, 0.3) is 0 Å². The second kappa shape index (κ2) is 7.00. The molecule has 0 radical (unpaired) electrons. The molecule has 0 atom stereocenters. The van der Waals surface area contributed by atoms with Gasteiger partial charge in [0.15, 0.2) is 0 Å². The van der Waals surface area contributed by atoms with E-state index in [1.54, 1.807) is 12.1 Å². The van der Waals surface area contributed by atoms with Crippen molar-refractivity contribution in [3.8, 4) is 0 Å².